The van der Waals surface area contributed by atoms with Crippen LogP contribution in [0.3, 0.4) is 0 Å². The summed E-state index contributed by atoms with van der Waals surface area (Å²) >= 11 is 0. The summed E-state index contributed by atoms with van der Waals surface area (Å²) in [5, 5.41) is -0.324. The quantitative estimate of drug-likeness (QED) is 0.867. The number of hydrogen-bond donors (Lipinski definition) is 2. The Morgan fingerprint density at radius 3 is 1.57 bits per heavy atom. The van der Waals surface area contributed by atoms with Crippen molar-refractivity contribution in [1.82, 2.24) is 0 Å². The van der Waals surface area contributed by atoms with Gasteiger partial charge >= 0.3 is 0 Å². The molecule has 122 valence electrons. The lowest BCUT2D eigenvalue weighted by Crippen LogP contribution is -2.23. The zero-order chi connectivity index (χ0) is 17.2. The number of hydrogen-bond acceptors (Lipinski definition) is 3. The Balaban J connectivity index is 0.000000593. The van der Waals surface area contributed by atoms with E-state index in [-0.39, 0.29) is 16.9 Å². The molecule has 0 aliphatic carbocycles. The topological polar surface area (TPSA) is 103 Å². The predicted molar refractivity (Wildman–Crippen MR) is 91.8 cm³/mol. The fourth-order valence-electron chi connectivity index (χ4n) is 1.98. The Morgan fingerprint density at radius 1 is 0.913 bits per heavy atom. The molecule has 2 aromatic carbocycles. The lowest BCUT2D eigenvalue weighted by molar-refractivity contribution is -0.116. The van der Waals surface area contributed by atoms with Crippen molar-refractivity contribution in [3.05, 3.63) is 71.8 Å². The molecular weight excluding hydrogens is 312 g/mol. The minimum absolute atomic E-state index is 0.131. The Bertz CT molecular complexity index is 617. The monoisotopic (exact) mass is 332 g/mol. The maximum atomic E-state index is 12.4. The van der Waals surface area contributed by atoms with Gasteiger partial charge in [-0.05, 0) is 11.1 Å². The third kappa shape index (κ3) is 6.88. The molecule has 0 saturated carbocycles. The van der Waals surface area contributed by atoms with Gasteiger partial charge in [-0.1, -0.05) is 60.7 Å². The summed E-state index contributed by atoms with van der Waals surface area (Å²) < 4.78 is 12.4. The van der Waals surface area contributed by atoms with E-state index in [1.165, 1.54) is 6.92 Å². The normalized spacial score (nSPS) is 11.2. The van der Waals surface area contributed by atoms with E-state index in [4.69, 9.17) is 5.73 Å². The zero-order valence-electron chi connectivity index (χ0n) is 12.8. The van der Waals surface area contributed by atoms with Gasteiger partial charge in [0.15, 0.2) is 0 Å². The van der Waals surface area contributed by atoms with Gasteiger partial charge in [0, 0.05) is 17.7 Å². The average molecular weight is 332 g/mol. The number of benzene rings is 2. The van der Waals surface area contributed by atoms with Crippen LogP contribution in [0.15, 0.2) is 60.7 Å². The Hall–Kier alpha value is -2.47. The van der Waals surface area contributed by atoms with Gasteiger partial charge in [0.25, 0.3) is 0 Å². The zero-order valence-corrected chi connectivity index (χ0v) is 13.7. The minimum atomic E-state index is -1.36. The summed E-state index contributed by atoms with van der Waals surface area (Å²) in [5.74, 6) is -1.01. The van der Waals surface area contributed by atoms with Gasteiger partial charge in [0.1, 0.15) is 5.75 Å². The molecule has 1 unspecified atom stereocenters. The summed E-state index contributed by atoms with van der Waals surface area (Å²) in [6, 6.07) is 19.0. The van der Waals surface area contributed by atoms with Crippen LogP contribution in [-0.4, -0.2) is 21.8 Å². The molecule has 23 heavy (non-hydrogen) atoms. The molecule has 2 amide bonds. The van der Waals surface area contributed by atoms with Gasteiger partial charge < -0.3 is 11.5 Å². The molecule has 0 aromatic heterocycles. The minimum Gasteiger partial charge on any atom is -0.370 e. The van der Waals surface area contributed by atoms with Crippen LogP contribution >= 0.6 is 0 Å². The van der Waals surface area contributed by atoms with Crippen molar-refractivity contribution < 1.29 is 13.8 Å². The van der Waals surface area contributed by atoms with Gasteiger partial charge in [0.05, 0.1) is 5.25 Å². The SMILES string of the molecule is CC(N)=O.NC(=O)CS(=O)C(c1ccccc1)c1ccccc1. The molecule has 2 aromatic rings. The van der Waals surface area contributed by atoms with Crippen LogP contribution in [0.5, 0.6) is 0 Å². The van der Waals surface area contributed by atoms with Crippen molar-refractivity contribution >= 4 is 22.6 Å². The molecule has 0 saturated heterocycles. The Morgan fingerprint density at radius 2 is 1.26 bits per heavy atom. The Labute approximate surface area is 138 Å². The first-order valence-corrected chi connectivity index (χ1v) is 8.31. The number of carbonyl (C=O) groups excluding carboxylic acids is 2. The fourth-order valence-corrected chi connectivity index (χ4v) is 3.34. The third-order valence-electron chi connectivity index (χ3n) is 2.75. The van der Waals surface area contributed by atoms with E-state index in [1.807, 2.05) is 60.7 Å². The van der Waals surface area contributed by atoms with Gasteiger partial charge in [-0.3, -0.25) is 13.8 Å². The maximum Gasteiger partial charge on any atom is 0.230 e. The summed E-state index contributed by atoms with van der Waals surface area (Å²) in [4.78, 5) is 20.2. The summed E-state index contributed by atoms with van der Waals surface area (Å²) in [6.45, 7) is 1.31. The third-order valence-corrected chi connectivity index (χ3v) is 4.39. The van der Waals surface area contributed by atoms with E-state index in [1.54, 1.807) is 0 Å². The van der Waals surface area contributed by atoms with Gasteiger partial charge in [-0.15, -0.1) is 0 Å². The van der Waals surface area contributed by atoms with Gasteiger partial charge in [-0.2, -0.15) is 0 Å². The van der Waals surface area contributed by atoms with E-state index in [9.17, 15) is 13.8 Å². The molecule has 0 radical (unpaired) electrons. The van der Waals surface area contributed by atoms with E-state index in [0.717, 1.165) is 11.1 Å². The van der Waals surface area contributed by atoms with E-state index in [0.29, 0.717) is 0 Å². The Kier molecular flexibility index (Phi) is 7.70. The van der Waals surface area contributed by atoms with Crippen molar-refractivity contribution in [2.75, 3.05) is 5.75 Å². The van der Waals surface area contributed by atoms with E-state index < -0.39 is 16.7 Å². The van der Waals surface area contributed by atoms with Crippen LogP contribution in [0.1, 0.15) is 23.3 Å². The number of amides is 2. The van der Waals surface area contributed by atoms with Crippen LogP contribution < -0.4 is 11.5 Å². The average Bonchev–Trinajstić information content (AvgIpc) is 2.48. The molecule has 4 N–H and O–H groups in total. The van der Waals surface area contributed by atoms with Crippen molar-refractivity contribution in [3.63, 3.8) is 0 Å². The van der Waals surface area contributed by atoms with Crippen LogP contribution in [0.4, 0.5) is 0 Å². The second kappa shape index (κ2) is 9.53. The van der Waals surface area contributed by atoms with Crippen LogP contribution in [-0.2, 0) is 20.4 Å². The second-order valence-corrected chi connectivity index (χ2v) is 6.33. The number of carbonyl (C=O) groups is 2. The molecular formula is C17H20N2O3S. The highest BCUT2D eigenvalue weighted by molar-refractivity contribution is 7.86. The van der Waals surface area contributed by atoms with Crippen molar-refractivity contribution in [1.29, 1.82) is 0 Å². The van der Waals surface area contributed by atoms with Crippen molar-refractivity contribution in [2.45, 2.75) is 12.2 Å². The number of nitrogens with two attached hydrogens (primary N) is 2. The summed E-state index contributed by atoms with van der Waals surface area (Å²) in [7, 11) is -1.36. The largest absolute Gasteiger partial charge is 0.370 e. The molecule has 0 bridgehead atoms. The van der Waals surface area contributed by atoms with Gasteiger partial charge in [-0.25, -0.2) is 0 Å². The fraction of sp³-hybridized carbons (Fsp3) is 0.176. The first-order valence-electron chi connectivity index (χ1n) is 6.93. The van der Waals surface area contributed by atoms with E-state index >= 15 is 0 Å². The summed E-state index contributed by atoms with van der Waals surface area (Å²) in [5.41, 5.74) is 11.5. The molecule has 2 rings (SSSR count). The highest BCUT2D eigenvalue weighted by atomic mass is 32.2. The van der Waals surface area contributed by atoms with Gasteiger partial charge in [0.2, 0.25) is 11.8 Å². The molecule has 0 spiro atoms. The van der Waals surface area contributed by atoms with Crippen LogP contribution in [0.25, 0.3) is 0 Å². The molecule has 6 heteroatoms. The van der Waals surface area contributed by atoms with Crippen molar-refractivity contribution in [3.8, 4) is 0 Å². The molecule has 1 atom stereocenters. The second-order valence-electron chi connectivity index (χ2n) is 4.80. The highest BCUT2D eigenvalue weighted by Crippen LogP contribution is 2.27. The standard InChI is InChI=1S/C15H15NO2S.C2H5NO/c16-14(17)11-19(18)15(12-7-3-1-4-8-12)13-9-5-2-6-10-13;1-2(3)4/h1-10,15H,11H2,(H2,16,17);1H3,(H2,3,4). The first kappa shape index (κ1) is 18.6. The summed E-state index contributed by atoms with van der Waals surface area (Å²) in [6.07, 6.45) is 0. The molecule has 0 aliphatic heterocycles. The molecule has 0 fully saturated rings. The van der Waals surface area contributed by atoms with Crippen LogP contribution in [0, 0.1) is 0 Å². The highest BCUT2D eigenvalue weighted by Gasteiger charge is 2.22. The lowest BCUT2D eigenvalue weighted by atomic mass is 10.0. The smallest absolute Gasteiger partial charge is 0.230 e. The number of rotatable bonds is 5. The first-order chi connectivity index (χ1) is 10.9. The maximum absolute atomic E-state index is 12.4. The lowest BCUT2D eigenvalue weighted by Gasteiger charge is -2.16. The molecule has 0 heterocycles. The van der Waals surface area contributed by atoms with Crippen molar-refractivity contribution in [2.24, 2.45) is 11.5 Å². The number of primary amides is 2. The van der Waals surface area contributed by atoms with E-state index in [2.05, 4.69) is 5.73 Å². The predicted octanol–water partition coefficient (Wildman–Crippen LogP) is 1.50. The molecule has 0 aliphatic rings. The molecule has 5 nitrogen and oxygen atoms in total. The van der Waals surface area contributed by atoms with Crippen LogP contribution in [0.2, 0.25) is 0 Å².